The van der Waals surface area contributed by atoms with Gasteiger partial charge in [0.05, 0.1) is 5.52 Å². The smallest absolute Gasteiger partial charge is 0.166 e. The van der Waals surface area contributed by atoms with Crippen LogP contribution in [-0.2, 0) is 0 Å². The van der Waals surface area contributed by atoms with Crippen molar-refractivity contribution in [3.05, 3.63) is 35.4 Å². The molecule has 17 heavy (non-hydrogen) atoms. The molecule has 0 N–H and O–H groups in total. The van der Waals surface area contributed by atoms with Crippen molar-refractivity contribution in [3.63, 3.8) is 0 Å². The fourth-order valence-electron chi connectivity index (χ4n) is 2.04. The van der Waals surface area contributed by atoms with Gasteiger partial charge in [-0.2, -0.15) is 0 Å². The summed E-state index contributed by atoms with van der Waals surface area (Å²) in [5.74, 6) is 1.48. The van der Waals surface area contributed by atoms with Gasteiger partial charge in [-0.3, -0.25) is 0 Å². The molecule has 0 saturated heterocycles. The number of aromatic nitrogens is 4. The highest BCUT2D eigenvalue weighted by Crippen LogP contribution is 2.38. The molecule has 0 atom stereocenters. The standard InChI is InChI=1S/C12H9ClN4/c13-8-3-4-10-9(5-8)12-15-11(7-1-2-7)16-17(12)6-14-10/h3-7H,1-2H2. The first-order chi connectivity index (χ1) is 8.31. The van der Waals surface area contributed by atoms with E-state index >= 15 is 0 Å². The molecule has 4 rings (SSSR count). The van der Waals surface area contributed by atoms with Gasteiger partial charge >= 0.3 is 0 Å². The molecular weight excluding hydrogens is 236 g/mol. The first-order valence-corrected chi connectivity index (χ1v) is 5.99. The highest BCUT2D eigenvalue weighted by atomic mass is 35.5. The molecule has 2 aromatic heterocycles. The number of halogens is 1. The highest BCUT2D eigenvalue weighted by molar-refractivity contribution is 6.31. The third-order valence-electron chi connectivity index (χ3n) is 3.10. The van der Waals surface area contributed by atoms with E-state index in [9.17, 15) is 0 Å². The summed E-state index contributed by atoms with van der Waals surface area (Å²) in [4.78, 5) is 8.94. The maximum Gasteiger partial charge on any atom is 0.166 e. The lowest BCUT2D eigenvalue weighted by atomic mass is 10.2. The molecule has 0 unspecified atom stereocenters. The number of rotatable bonds is 1. The Labute approximate surface area is 102 Å². The molecule has 0 amide bonds. The predicted octanol–water partition coefficient (Wildman–Crippen LogP) is 2.81. The maximum absolute atomic E-state index is 6.02. The lowest BCUT2D eigenvalue weighted by Crippen LogP contribution is -1.91. The van der Waals surface area contributed by atoms with E-state index in [1.54, 1.807) is 10.8 Å². The number of hydrogen-bond donors (Lipinski definition) is 0. The molecule has 4 nitrogen and oxygen atoms in total. The van der Waals surface area contributed by atoms with Crippen LogP contribution >= 0.6 is 11.6 Å². The summed E-state index contributed by atoms with van der Waals surface area (Å²) in [7, 11) is 0. The van der Waals surface area contributed by atoms with Crippen LogP contribution in [0.5, 0.6) is 0 Å². The molecule has 1 saturated carbocycles. The van der Waals surface area contributed by atoms with Crippen LogP contribution in [0.1, 0.15) is 24.6 Å². The number of nitrogens with zero attached hydrogens (tertiary/aromatic N) is 4. The molecule has 5 heteroatoms. The van der Waals surface area contributed by atoms with Gasteiger partial charge < -0.3 is 0 Å². The van der Waals surface area contributed by atoms with E-state index in [0.717, 1.165) is 22.4 Å². The normalized spacial score (nSPS) is 15.8. The summed E-state index contributed by atoms with van der Waals surface area (Å²) in [5, 5.41) is 6.11. The van der Waals surface area contributed by atoms with Crippen molar-refractivity contribution in [2.45, 2.75) is 18.8 Å². The van der Waals surface area contributed by atoms with Gasteiger partial charge in [-0.05, 0) is 31.0 Å². The summed E-state index contributed by atoms with van der Waals surface area (Å²) in [6.45, 7) is 0. The van der Waals surface area contributed by atoms with Crippen molar-refractivity contribution in [2.24, 2.45) is 0 Å². The first kappa shape index (κ1) is 9.36. The molecule has 3 aromatic rings. The zero-order valence-electron chi connectivity index (χ0n) is 8.97. The molecule has 2 heterocycles. The Bertz CT molecular complexity index is 730. The van der Waals surface area contributed by atoms with Gasteiger partial charge in [0, 0.05) is 16.3 Å². The van der Waals surface area contributed by atoms with Gasteiger partial charge in [0.2, 0.25) is 0 Å². The zero-order chi connectivity index (χ0) is 11.4. The Morgan fingerprint density at radius 1 is 1.29 bits per heavy atom. The van der Waals surface area contributed by atoms with Crippen molar-refractivity contribution >= 4 is 28.2 Å². The van der Waals surface area contributed by atoms with Gasteiger partial charge in [0.1, 0.15) is 6.33 Å². The molecule has 0 spiro atoms. The molecule has 0 radical (unpaired) electrons. The molecule has 84 valence electrons. The van der Waals surface area contributed by atoms with Crippen LogP contribution in [0.3, 0.4) is 0 Å². The van der Waals surface area contributed by atoms with E-state index in [2.05, 4.69) is 15.1 Å². The minimum absolute atomic E-state index is 0.545. The molecule has 1 aliphatic rings. The third kappa shape index (κ3) is 1.41. The average molecular weight is 245 g/mol. The van der Waals surface area contributed by atoms with Crippen LogP contribution in [-0.4, -0.2) is 19.6 Å². The summed E-state index contributed by atoms with van der Waals surface area (Å²) in [6.07, 6.45) is 4.11. The fourth-order valence-corrected chi connectivity index (χ4v) is 2.21. The van der Waals surface area contributed by atoms with E-state index in [0.29, 0.717) is 10.9 Å². The highest BCUT2D eigenvalue weighted by Gasteiger charge is 2.28. The molecule has 1 fully saturated rings. The minimum atomic E-state index is 0.545. The van der Waals surface area contributed by atoms with Gasteiger partial charge in [-0.1, -0.05) is 11.6 Å². The molecule has 0 bridgehead atoms. The summed E-state index contributed by atoms with van der Waals surface area (Å²) in [5.41, 5.74) is 1.75. The topological polar surface area (TPSA) is 43.1 Å². The number of fused-ring (bicyclic) bond motifs is 3. The lowest BCUT2D eigenvalue weighted by molar-refractivity contribution is 0.865. The fraction of sp³-hybridized carbons (Fsp3) is 0.250. The Morgan fingerprint density at radius 3 is 3.00 bits per heavy atom. The molecule has 1 aliphatic carbocycles. The second-order valence-electron chi connectivity index (χ2n) is 4.42. The van der Waals surface area contributed by atoms with Gasteiger partial charge in [-0.25, -0.2) is 14.5 Å². The third-order valence-corrected chi connectivity index (χ3v) is 3.33. The Balaban J connectivity index is 2.10. The van der Waals surface area contributed by atoms with E-state index < -0.39 is 0 Å². The molecular formula is C12H9ClN4. The van der Waals surface area contributed by atoms with Crippen LogP contribution in [0.15, 0.2) is 24.5 Å². The second kappa shape index (κ2) is 3.17. The lowest BCUT2D eigenvalue weighted by Gasteiger charge is -1.98. The monoisotopic (exact) mass is 244 g/mol. The van der Waals surface area contributed by atoms with Crippen molar-refractivity contribution < 1.29 is 0 Å². The Morgan fingerprint density at radius 2 is 2.18 bits per heavy atom. The SMILES string of the molecule is Clc1ccc2ncn3nc(C4CC4)nc3c2c1. The van der Waals surface area contributed by atoms with Gasteiger partial charge in [0.25, 0.3) is 0 Å². The second-order valence-corrected chi connectivity index (χ2v) is 4.85. The average Bonchev–Trinajstić information content (AvgIpc) is 3.08. The van der Waals surface area contributed by atoms with Crippen molar-refractivity contribution in [1.29, 1.82) is 0 Å². The summed E-state index contributed by atoms with van der Waals surface area (Å²) < 4.78 is 1.74. The summed E-state index contributed by atoms with van der Waals surface area (Å²) in [6, 6.07) is 5.64. The van der Waals surface area contributed by atoms with Crippen LogP contribution < -0.4 is 0 Å². The van der Waals surface area contributed by atoms with Crippen LogP contribution in [0, 0.1) is 0 Å². The van der Waals surface area contributed by atoms with Crippen LogP contribution in [0.25, 0.3) is 16.6 Å². The van der Waals surface area contributed by atoms with Crippen molar-refractivity contribution in [1.82, 2.24) is 19.6 Å². The van der Waals surface area contributed by atoms with Gasteiger partial charge in [0.15, 0.2) is 11.5 Å². The largest absolute Gasteiger partial charge is 0.236 e. The van der Waals surface area contributed by atoms with Gasteiger partial charge in [-0.15, -0.1) is 5.10 Å². The predicted molar refractivity (Wildman–Crippen MR) is 65.3 cm³/mol. The Kier molecular flexibility index (Phi) is 1.74. The number of benzene rings is 1. The minimum Gasteiger partial charge on any atom is -0.236 e. The zero-order valence-corrected chi connectivity index (χ0v) is 9.72. The summed E-state index contributed by atoms with van der Waals surface area (Å²) >= 11 is 6.02. The maximum atomic E-state index is 6.02. The van der Waals surface area contributed by atoms with Crippen molar-refractivity contribution in [3.8, 4) is 0 Å². The van der Waals surface area contributed by atoms with Crippen LogP contribution in [0.4, 0.5) is 0 Å². The van der Waals surface area contributed by atoms with E-state index in [1.165, 1.54) is 12.8 Å². The first-order valence-electron chi connectivity index (χ1n) is 5.62. The molecule has 1 aromatic carbocycles. The van der Waals surface area contributed by atoms with E-state index in [4.69, 9.17) is 11.6 Å². The van der Waals surface area contributed by atoms with Crippen LogP contribution in [0.2, 0.25) is 5.02 Å². The molecule has 0 aliphatic heterocycles. The Hall–Kier alpha value is -1.68. The van der Waals surface area contributed by atoms with E-state index in [1.807, 2.05) is 18.2 Å². The quantitative estimate of drug-likeness (QED) is 0.661. The number of hydrogen-bond acceptors (Lipinski definition) is 3. The van der Waals surface area contributed by atoms with Crippen molar-refractivity contribution in [2.75, 3.05) is 0 Å². The van der Waals surface area contributed by atoms with E-state index in [-0.39, 0.29) is 0 Å².